The molecule has 0 spiro atoms. The highest BCUT2D eigenvalue weighted by Gasteiger charge is 2.12. The maximum atomic E-state index is 5.84. The standard InChI is InChI=1S/C16H23N3O/c1-4-19(11-15-6-5-7-20-15)16-12(2)8-14(10-18-16)9-13(3)17/h5-8,10,13H,4,9,11,17H2,1-3H3. The second-order valence-electron chi connectivity index (χ2n) is 5.26. The summed E-state index contributed by atoms with van der Waals surface area (Å²) in [6, 6.07) is 6.24. The molecule has 1 unspecified atom stereocenters. The molecule has 0 amide bonds. The van der Waals surface area contributed by atoms with Gasteiger partial charge in [0.2, 0.25) is 0 Å². The molecule has 0 fully saturated rings. The molecule has 0 aliphatic carbocycles. The summed E-state index contributed by atoms with van der Waals surface area (Å²) in [4.78, 5) is 6.82. The van der Waals surface area contributed by atoms with Gasteiger partial charge in [-0.05, 0) is 50.5 Å². The first-order valence-electron chi connectivity index (χ1n) is 7.08. The van der Waals surface area contributed by atoms with Gasteiger partial charge in [-0.1, -0.05) is 6.07 Å². The Kier molecular flexibility index (Phi) is 4.79. The van der Waals surface area contributed by atoms with Crippen LogP contribution in [0.15, 0.2) is 35.1 Å². The fraction of sp³-hybridized carbons (Fsp3) is 0.438. The van der Waals surface area contributed by atoms with Crippen molar-refractivity contribution in [1.29, 1.82) is 0 Å². The molecule has 2 rings (SSSR count). The van der Waals surface area contributed by atoms with Crippen LogP contribution in [-0.2, 0) is 13.0 Å². The summed E-state index contributed by atoms with van der Waals surface area (Å²) in [5.41, 5.74) is 8.21. The lowest BCUT2D eigenvalue weighted by Crippen LogP contribution is -2.24. The van der Waals surface area contributed by atoms with E-state index in [0.717, 1.165) is 31.1 Å². The van der Waals surface area contributed by atoms with Gasteiger partial charge in [-0.25, -0.2) is 4.98 Å². The monoisotopic (exact) mass is 273 g/mol. The summed E-state index contributed by atoms with van der Waals surface area (Å²) in [5.74, 6) is 1.96. The van der Waals surface area contributed by atoms with E-state index in [1.54, 1.807) is 6.26 Å². The normalized spacial score (nSPS) is 12.4. The first-order chi connectivity index (χ1) is 9.60. The van der Waals surface area contributed by atoms with Crippen molar-refractivity contribution in [2.75, 3.05) is 11.4 Å². The van der Waals surface area contributed by atoms with Crippen LogP contribution in [-0.4, -0.2) is 17.6 Å². The number of hydrogen-bond acceptors (Lipinski definition) is 4. The highest BCUT2D eigenvalue weighted by atomic mass is 16.3. The molecule has 4 nitrogen and oxygen atoms in total. The van der Waals surface area contributed by atoms with Crippen LogP contribution in [0.3, 0.4) is 0 Å². The molecule has 2 N–H and O–H groups in total. The number of hydrogen-bond donors (Lipinski definition) is 1. The van der Waals surface area contributed by atoms with Gasteiger partial charge in [0.25, 0.3) is 0 Å². The fourth-order valence-corrected chi connectivity index (χ4v) is 2.37. The maximum Gasteiger partial charge on any atom is 0.131 e. The van der Waals surface area contributed by atoms with E-state index in [0.29, 0.717) is 0 Å². The smallest absolute Gasteiger partial charge is 0.131 e. The topological polar surface area (TPSA) is 55.3 Å². The van der Waals surface area contributed by atoms with Crippen molar-refractivity contribution in [1.82, 2.24) is 4.98 Å². The first-order valence-corrected chi connectivity index (χ1v) is 7.08. The Morgan fingerprint density at radius 1 is 1.45 bits per heavy atom. The molecule has 4 heteroatoms. The molecule has 0 saturated carbocycles. The lowest BCUT2D eigenvalue weighted by Gasteiger charge is -2.23. The van der Waals surface area contributed by atoms with Crippen LogP contribution >= 0.6 is 0 Å². The van der Waals surface area contributed by atoms with Gasteiger partial charge in [0.1, 0.15) is 11.6 Å². The molecular formula is C16H23N3O. The largest absolute Gasteiger partial charge is 0.467 e. The number of aryl methyl sites for hydroxylation is 1. The highest BCUT2D eigenvalue weighted by molar-refractivity contribution is 5.47. The Balaban J connectivity index is 2.17. The lowest BCUT2D eigenvalue weighted by atomic mass is 10.1. The molecule has 2 aromatic rings. The van der Waals surface area contributed by atoms with Gasteiger partial charge in [-0.3, -0.25) is 0 Å². The molecule has 108 valence electrons. The molecule has 0 bridgehead atoms. The molecule has 2 heterocycles. The molecule has 0 radical (unpaired) electrons. The van der Waals surface area contributed by atoms with Crippen LogP contribution in [0.25, 0.3) is 0 Å². The minimum Gasteiger partial charge on any atom is -0.467 e. The van der Waals surface area contributed by atoms with Crippen LogP contribution in [0.5, 0.6) is 0 Å². The van der Waals surface area contributed by atoms with Crippen molar-refractivity contribution >= 4 is 5.82 Å². The number of anilines is 1. The van der Waals surface area contributed by atoms with E-state index < -0.39 is 0 Å². The summed E-state index contributed by atoms with van der Waals surface area (Å²) in [5, 5.41) is 0. The van der Waals surface area contributed by atoms with Crippen molar-refractivity contribution in [2.45, 2.75) is 39.8 Å². The number of furan rings is 1. The Bertz CT molecular complexity index is 535. The molecule has 1 atom stereocenters. The molecule has 2 aromatic heterocycles. The van der Waals surface area contributed by atoms with Gasteiger partial charge in [-0.15, -0.1) is 0 Å². The van der Waals surface area contributed by atoms with E-state index in [1.807, 2.05) is 25.3 Å². The number of nitrogens with two attached hydrogens (primary N) is 1. The van der Waals surface area contributed by atoms with E-state index in [2.05, 4.69) is 29.8 Å². The quantitative estimate of drug-likeness (QED) is 0.879. The SMILES string of the molecule is CCN(Cc1ccco1)c1ncc(CC(C)N)cc1C. The average molecular weight is 273 g/mol. The summed E-state index contributed by atoms with van der Waals surface area (Å²) in [6.07, 6.45) is 4.49. The minimum atomic E-state index is 0.160. The van der Waals surface area contributed by atoms with Gasteiger partial charge in [0.15, 0.2) is 0 Å². The van der Waals surface area contributed by atoms with Crippen LogP contribution in [0, 0.1) is 6.92 Å². The van der Waals surface area contributed by atoms with E-state index >= 15 is 0 Å². The Hall–Kier alpha value is -1.81. The third-order valence-corrected chi connectivity index (χ3v) is 3.27. The zero-order chi connectivity index (χ0) is 14.5. The molecule has 20 heavy (non-hydrogen) atoms. The highest BCUT2D eigenvalue weighted by Crippen LogP contribution is 2.20. The number of nitrogens with zero attached hydrogens (tertiary/aromatic N) is 2. The fourth-order valence-electron chi connectivity index (χ4n) is 2.37. The zero-order valence-corrected chi connectivity index (χ0v) is 12.5. The van der Waals surface area contributed by atoms with E-state index in [9.17, 15) is 0 Å². The molecular weight excluding hydrogens is 250 g/mol. The predicted octanol–water partition coefficient (Wildman–Crippen LogP) is 2.90. The average Bonchev–Trinajstić information content (AvgIpc) is 2.89. The molecule has 0 aliphatic heterocycles. The van der Waals surface area contributed by atoms with Crippen molar-refractivity contribution in [3.8, 4) is 0 Å². The van der Waals surface area contributed by atoms with Crippen molar-refractivity contribution in [2.24, 2.45) is 5.73 Å². The van der Waals surface area contributed by atoms with E-state index in [1.165, 1.54) is 11.1 Å². The zero-order valence-electron chi connectivity index (χ0n) is 12.5. The van der Waals surface area contributed by atoms with Crippen molar-refractivity contribution < 1.29 is 4.42 Å². The minimum absolute atomic E-state index is 0.160. The molecule has 0 aliphatic rings. The lowest BCUT2D eigenvalue weighted by molar-refractivity contribution is 0.502. The predicted molar refractivity (Wildman–Crippen MR) is 81.8 cm³/mol. The van der Waals surface area contributed by atoms with Gasteiger partial charge >= 0.3 is 0 Å². The number of aromatic nitrogens is 1. The summed E-state index contributed by atoms with van der Waals surface area (Å²) in [6.45, 7) is 7.86. The third-order valence-electron chi connectivity index (χ3n) is 3.27. The Labute approximate surface area is 120 Å². The van der Waals surface area contributed by atoms with Gasteiger partial charge in [-0.2, -0.15) is 0 Å². The maximum absolute atomic E-state index is 5.84. The van der Waals surface area contributed by atoms with Gasteiger partial charge < -0.3 is 15.1 Å². The summed E-state index contributed by atoms with van der Waals surface area (Å²) >= 11 is 0. The van der Waals surface area contributed by atoms with Crippen molar-refractivity contribution in [3.63, 3.8) is 0 Å². The molecule has 0 aromatic carbocycles. The van der Waals surface area contributed by atoms with Gasteiger partial charge in [0, 0.05) is 18.8 Å². The first kappa shape index (κ1) is 14.6. The summed E-state index contributed by atoms with van der Waals surface area (Å²) in [7, 11) is 0. The second kappa shape index (κ2) is 6.57. The van der Waals surface area contributed by atoms with Gasteiger partial charge in [0.05, 0.1) is 12.8 Å². The van der Waals surface area contributed by atoms with Crippen LogP contribution < -0.4 is 10.6 Å². The van der Waals surface area contributed by atoms with Crippen LogP contribution in [0.1, 0.15) is 30.7 Å². The number of pyridine rings is 1. The molecule has 0 saturated heterocycles. The van der Waals surface area contributed by atoms with E-state index in [4.69, 9.17) is 10.2 Å². The Morgan fingerprint density at radius 2 is 2.25 bits per heavy atom. The Morgan fingerprint density at radius 3 is 2.80 bits per heavy atom. The van der Waals surface area contributed by atoms with Crippen LogP contribution in [0.2, 0.25) is 0 Å². The van der Waals surface area contributed by atoms with E-state index in [-0.39, 0.29) is 6.04 Å². The summed E-state index contributed by atoms with van der Waals surface area (Å²) < 4.78 is 5.42. The third kappa shape index (κ3) is 3.61. The van der Waals surface area contributed by atoms with Crippen molar-refractivity contribution in [3.05, 3.63) is 47.5 Å². The van der Waals surface area contributed by atoms with Crippen LogP contribution in [0.4, 0.5) is 5.82 Å². The second-order valence-corrected chi connectivity index (χ2v) is 5.26. The number of rotatable bonds is 6.